The molecule has 1 aromatic carbocycles. The zero-order valence-corrected chi connectivity index (χ0v) is 14.3. The van der Waals surface area contributed by atoms with E-state index < -0.39 is 0 Å². The van der Waals surface area contributed by atoms with Gasteiger partial charge in [-0.15, -0.1) is 5.10 Å². The van der Waals surface area contributed by atoms with E-state index in [-0.39, 0.29) is 0 Å². The lowest BCUT2D eigenvalue weighted by Crippen LogP contribution is -2.10. The van der Waals surface area contributed by atoms with Gasteiger partial charge in [0.25, 0.3) is 0 Å². The van der Waals surface area contributed by atoms with Gasteiger partial charge in [0.1, 0.15) is 5.03 Å². The van der Waals surface area contributed by atoms with Gasteiger partial charge in [0, 0.05) is 17.0 Å². The molecule has 2 N–H and O–H groups in total. The Morgan fingerprint density at radius 1 is 1.05 bits per heavy atom. The van der Waals surface area contributed by atoms with Crippen LogP contribution >= 0.6 is 35.0 Å². The zero-order valence-electron chi connectivity index (χ0n) is 12.0. The molecule has 0 saturated carbocycles. The predicted octanol–water partition coefficient (Wildman–Crippen LogP) is 4.52. The molecule has 0 amide bonds. The minimum absolute atomic E-state index is 0.454. The lowest BCUT2D eigenvalue weighted by atomic mass is 10.0. The Bertz CT molecular complexity index is 647. The van der Waals surface area contributed by atoms with Gasteiger partial charge in [-0.3, -0.25) is 0 Å². The number of benzene rings is 1. The first kappa shape index (κ1) is 16.6. The van der Waals surface area contributed by atoms with Gasteiger partial charge >= 0.3 is 0 Å². The molecule has 21 heavy (non-hydrogen) atoms. The van der Waals surface area contributed by atoms with Crippen LogP contribution in [0, 0.1) is 0 Å². The van der Waals surface area contributed by atoms with Crippen LogP contribution in [0.5, 0.6) is 0 Å². The molecule has 0 radical (unpaired) electrons. The number of aryl methyl sites for hydroxylation is 1. The average Bonchev–Trinajstić information content (AvgIpc) is 2.50. The molecule has 0 bridgehead atoms. The Balaban J connectivity index is 2.41. The van der Waals surface area contributed by atoms with Crippen LogP contribution in [0.15, 0.2) is 28.1 Å². The number of rotatable bonds is 5. The van der Waals surface area contributed by atoms with Crippen LogP contribution in [0.2, 0.25) is 10.0 Å². The highest BCUT2D eigenvalue weighted by atomic mass is 35.5. The van der Waals surface area contributed by atoms with Crippen LogP contribution in [0.1, 0.15) is 30.7 Å². The number of aromatic nitrogens is 2. The number of hydrogen-bond acceptors (Lipinski definition) is 4. The van der Waals surface area contributed by atoms with Gasteiger partial charge in [0.2, 0.25) is 0 Å². The van der Waals surface area contributed by atoms with Crippen molar-refractivity contribution < 1.29 is 0 Å². The fourth-order valence-corrected chi connectivity index (χ4v) is 3.49. The van der Waals surface area contributed by atoms with Crippen molar-refractivity contribution in [3.05, 3.63) is 45.1 Å². The molecule has 2 aromatic rings. The van der Waals surface area contributed by atoms with Gasteiger partial charge < -0.3 is 5.73 Å². The van der Waals surface area contributed by atoms with Gasteiger partial charge in [0.05, 0.1) is 15.7 Å². The lowest BCUT2D eigenvalue weighted by molar-refractivity contribution is 0.782. The Kier molecular flexibility index (Phi) is 5.88. The summed E-state index contributed by atoms with van der Waals surface area (Å²) in [5.41, 5.74) is 9.23. The molecule has 0 aliphatic heterocycles. The third-order valence-electron chi connectivity index (χ3n) is 3.23. The summed E-state index contributed by atoms with van der Waals surface area (Å²) in [6.45, 7) is 4.65. The van der Waals surface area contributed by atoms with Crippen LogP contribution < -0.4 is 5.73 Å². The molecule has 1 aromatic heterocycles. The van der Waals surface area contributed by atoms with Gasteiger partial charge in [-0.1, -0.05) is 48.8 Å². The Hall–Kier alpha value is -0.810. The van der Waals surface area contributed by atoms with E-state index >= 15 is 0 Å². The molecule has 112 valence electrons. The number of hydrogen-bond donors (Lipinski definition) is 1. The largest absolute Gasteiger partial charge is 0.326 e. The third kappa shape index (κ3) is 3.69. The van der Waals surface area contributed by atoms with Crippen molar-refractivity contribution in [2.45, 2.75) is 43.2 Å². The molecule has 6 heteroatoms. The van der Waals surface area contributed by atoms with E-state index in [0.717, 1.165) is 34.0 Å². The first-order valence-corrected chi connectivity index (χ1v) is 8.38. The number of halogens is 2. The lowest BCUT2D eigenvalue weighted by Gasteiger charge is -2.13. The fraction of sp³-hybridized carbons (Fsp3) is 0.333. The summed E-state index contributed by atoms with van der Waals surface area (Å²) in [4.78, 5) is 0.972. The zero-order chi connectivity index (χ0) is 15.4. The van der Waals surface area contributed by atoms with Crippen molar-refractivity contribution in [3.63, 3.8) is 0 Å². The van der Waals surface area contributed by atoms with Crippen LogP contribution in [0.4, 0.5) is 0 Å². The molecule has 0 saturated heterocycles. The second kappa shape index (κ2) is 7.45. The molecule has 0 aliphatic carbocycles. The standard InChI is InChI=1S/C15H17Cl2N3S/c1-3-10-11(8-18)15(20-19-14(10)4-2)21-9-5-6-12(16)13(17)7-9/h5-7H,3-4,8,18H2,1-2H3. The van der Waals surface area contributed by atoms with E-state index in [2.05, 4.69) is 24.0 Å². The van der Waals surface area contributed by atoms with E-state index in [4.69, 9.17) is 28.9 Å². The van der Waals surface area contributed by atoms with Crippen molar-refractivity contribution >= 4 is 35.0 Å². The molecule has 0 aliphatic rings. The summed E-state index contributed by atoms with van der Waals surface area (Å²) < 4.78 is 0. The predicted molar refractivity (Wildman–Crippen MR) is 89.3 cm³/mol. The van der Waals surface area contributed by atoms with Crippen molar-refractivity contribution in [1.82, 2.24) is 10.2 Å². The smallest absolute Gasteiger partial charge is 0.128 e. The highest BCUT2D eigenvalue weighted by Crippen LogP contribution is 2.34. The summed E-state index contributed by atoms with van der Waals surface area (Å²) in [7, 11) is 0. The maximum absolute atomic E-state index is 6.05. The van der Waals surface area contributed by atoms with E-state index in [1.54, 1.807) is 6.07 Å². The molecular weight excluding hydrogens is 325 g/mol. The Morgan fingerprint density at radius 3 is 2.38 bits per heavy atom. The molecule has 3 nitrogen and oxygen atoms in total. The normalized spacial score (nSPS) is 10.9. The minimum atomic E-state index is 0.454. The van der Waals surface area contributed by atoms with Crippen LogP contribution in [-0.4, -0.2) is 10.2 Å². The second-order valence-corrected chi connectivity index (χ2v) is 6.37. The van der Waals surface area contributed by atoms with E-state index in [1.165, 1.54) is 17.3 Å². The minimum Gasteiger partial charge on any atom is -0.326 e. The van der Waals surface area contributed by atoms with Crippen LogP contribution in [-0.2, 0) is 19.4 Å². The van der Waals surface area contributed by atoms with E-state index in [0.29, 0.717) is 16.6 Å². The van der Waals surface area contributed by atoms with Crippen molar-refractivity contribution in [2.75, 3.05) is 0 Å². The topological polar surface area (TPSA) is 51.8 Å². The summed E-state index contributed by atoms with van der Waals surface area (Å²) in [5, 5.41) is 10.6. The van der Waals surface area contributed by atoms with Gasteiger partial charge in [-0.25, -0.2) is 0 Å². The molecular formula is C15H17Cl2N3S. The summed E-state index contributed by atoms with van der Waals surface area (Å²) in [5.74, 6) is 0. The van der Waals surface area contributed by atoms with Gasteiger partial charge in [-0.2, -0.15) is 5.10 Å². The van der Waals surface area contributed by atoms with Crippen LogP contribution in [0.3, 0.4) is 0 Å². The van der Waals surface area contributed by atoms with Crippen molar-refractivity contribution in [2.24, 2.45) is 5.73 Å². The summed E-state index contributed by atoms with van der Waals surface area (Å²) in [6.07, 6.45) is 1.76. The Labute approximate surface area is 139 Å². The first-order chi connectivity index (χ1) is 10.1. The second-order valence-electron chi connectivity index (χ2n) is 4.50. The molecule has 0 spiro atoms. The highest BCUT2D eigenvalue weighted by molar-refractivity contribution is 7.99. The number of nitrogens with two attached hydrogens (primary N) is 1. The maximum Gasteiger partial charge on any atom is 0.128 e. The van der Waals surface area contributed by atoms with Crippen molar-refractivity contribution in [1.29, 1.82) is 0 Å². The van der Waals surface area contributed by atoms with Crippen molar-refractivity contribution in [3.8, 4) is 0 Å². The molecule has 0 fully saturated rings. The molecule has 1 heterocycles. The molecule has 2 rings (SSSR count). The monoisotopic (exact) mass is 341 g/mol. The fourth-order valence-electron chi connectivity index (χ4n) is 2.18. The van der Waals surface area contributed by atoms with Crippen LogP contribution in [0.25, 0.3) is 0 Å². The maximum atomic E-state index is 6.05. The quantitative estimate of drug-likeness (QED) is 0.868. The molecule has 0 atom stereocenters. The third-order valence-corrected chi connectivity index (χ3v) is 4.98. The first-order valence-electron chi connectivity index (χ1n) is 6.80. The van der Waals surface area contributed by atoms with Gasteiger partial charge in [-0.05, 0) is 36.6 Å². The number of nitrogens with zero attached hydrogens (tertiary/aromatic N) is 2. The molecule has 0 unspecified atom stereocenters. The Morgan fingerprint density at radius 2 is 1.81 bits per heavy atom. The van der Waals surface area contributed by atoms with E-state index in [9.17, 15) is 0 Å². The summed E-state index contributed by atoms with van der Waals surface area (Å²) in [6, 6.07) is 5.53. The van der Waals surface area contributed by atoms with E-state index in [1.807, 2.05) is 12.1 Å². The summed E-state index contributed by atoms with van der Waals surface area (Å²) >= 11 is 13.5. The SMILES string of the molecule is CCc1nnc(Sc2ccc(Cl)c(Cl)c2)c(CN)c1CC. The van der Waals surface area contributed by atoms with Gasteiger partial charge in [0.15, 0.2) is 0 Å². The average molecular weight is 342 g/mol. The highest BCUT2D eigenvalue weighted by Gasteiger charge is 2.14.